The first-order valence-corrected chi connectivity index (χ1v) is 6.96. The van der Waals surface area contributed by atoms with Crippen LogP contribution in [0.25, 0.3) is 0 Å². The molecule has 5 nitrogen and oxygen atoms in total. The Hall–Kier alpha value is -1.10. The Balaban J connectivity index is 1.56. The largest absolute Gasteiger partial charge is 0.455 e. The van der Waals surface area contributed by atoms with Gasteiger partial charge in [0.05, 0.1) is 6.54 Å². The zero-order valence-electron chi connectivity index (χ0n) is 10.5. The first-order valence-electron chi connectivity index (χ1n) is 6.96. The highest BCUT2D eigenvalue weighted by Crippen LogP contribution is 2.56. The predicted octanol–water partition coefficient (Wildman–Crippen LogP) is 1.88. The molecule has 5 heteroatoms. The van der Waals surface area contributed by atoms with E-state index in [0.29, 0.717) is 11.9 Å². The van der Waals surface area contributed by atoms with Crippen LogP contribution in [-0.4, -0.2) is 15.7 Å². The molecule has 2 N–H and O–H groups in total. The Kier molecular flexibility index (Phi) is 2.22. The zero-order valence-corrected chi connectivity index (χ0v) is 10.5. The van der Waals surface area contributed by atoms with Gasteiger partial charge in [0.2, 0.25) is 5.89 Å². The van der Waals surface area contributed by atoms with Gasteiger partial charge in [0, 0.05) is 0 Å². The molecule has 1 aromatic heterocycles. The minimum absolute atomic E-state index is 0.00943. The van der Waals surface area contributed by atoms with Gasteiger partial charge in [-0.15, -0.1) is 0 Å². The van der Waals surface area contributed by atoms with Crippen LogP contribution in [-0.2, 0) is 6.54 Å². The van der Waals surface area contributed by atoms with Gasteiger partial charge in [0.15, 0.2) is 0 Å². The maximum atomic E-state index is 6.13. The summed E-state index contributed by atoms with van der Waals surface area (Å²) < 4.78 is 11.1. The molecular weight excluding hydrogens is 230 g/mol. The lowest BCUT2D eigenvalue weighted by Crippen LogP contribution is -2.53. The van der Waals surface area contributed by atoms with Crippen molar-refractivity contribution in [2.45, 2.75) is 50.7 Å². The minimum Gasteiger partial charge on any atom is -0.455 e. The second-order valence-corrected chi connectivity index (χ2v) is 6.38. The summed E-state index contributed by atoms with van der Waals surface area (Å²) in [4.78, 5) is 4.18. The highest BCUT2D eigenvalue weighted by atomic mass is 16.6. The van der Waals surface area contributed by atoms with E-state index < -0.39 is 0 Å². The normalized spacial score (nSPS) is 41.3. The summed E-state index contributed by atoms with van der Waals surface area (Å²) in [6.07, 6.45) is 7.73. The Morgan fingerprint density at radius 3 is 2.28 bits per heavy atom. The molecule has 4 fully saturated rings. The number of aromatic nitrogens is 2. The van der Waals surface area contributed by atoms with Gasteiger partial charge in [-0.3, -0.25) is 0 Å². The fraction of sp³-hybridized carbons (Fsp3) is 0.846. The van der Waals surface area contributed by atoms with E-state index >= 15 is 0 Å². The molecule has 4 aliphatic rings. The molecule has 1 heterocycles. The van der Waals surface area contributed by atoms with Crippen LogP contribution in [0.5, 0.6) is 6.01 Å². The molecule has 5 rings (SSSR count). The van der Waals surface area contributed by atoms with Crippen LogP contribution in [0, 0.1) is 17.8 Å². The summed E-state index contributed by atoms with van der Waals surface area (Å²) in [5.41, 5.74) is 5.46. The molecule has 4 bridgehead atoms. The first kappa shape index (κ1) is 10.8. The van der Waals surface area contributed by atoms with Gasteiger partial charge < -0.3 is 15.0 Å². The number of hydrogen-bond acceptors (Lipinski definition) is 5. The van der Waals surface area contributed by atoms with E-state index in [2.05, 4.69) is 10.1 Å². The third kappa shape index (κ3) is 1.64. The molecule has 0 atom stereocenters. The third-order valence-electron chi connectivity index (χ3n) is 4.91. The van der Waals surface area contributed by atoms with Gasteiger partial charge in [-0.2, -0.15) is 4.98 Å². The topological polar surface area (TPSA) is 74.2 Å². The molecule has 0 aliphatic heterocycles. The van der Waals surface area contributed by atoms with Crippen LogP contribution >= 0.6 is 0 Å². The molecule has 0 radical (unpaired) electrons. The van der Waals surface area contributed by atoms with Gasteiger partial charge >= 0.3 is 6.01 Å². The molecule has 4 saturated carbocycles. The van der Waals surface area contributed by atoms with E-state index in [9.17, 15) is 0 Å². The van der Waals surface area contributed by atoms with Crippen molar-refractivity contribution >= 4 is 0 Å². The van der Waals surface area contributed by atoms with Crippen LogP contribution in [0.4, 0.5) is 0 Å². The summed E-state index contributed by atoms with van der Waals surface area (Å²) in [6, 6.07) is 0.386. The van der Waals surface area contributed by atoms with Crippen molar-refractivity contribution in [2.24, 2.45) is 23.5 Å². The van der Waals surface area contributed by atoms with Gasteiger partial charge in [0.25, 0.3) is 0 Å². The summed E-state index contributed by atoms with van der Waals surface area (Å²) >= 11 is 0. The van der Waals surface area contributed by atoms with E-state index in [4.69, 9.17) is 15.0 Å². The first-order chi connectivity index (χ1) is 8.75. The number of nitrogens with zero attached hydrogens (tertiary/aromatic N) is 2. The summed E-state index contributed by atoms with van der Waals surface area (Å²) in [5.74, 6) is 3.03. The lowest BCUT2D eigenvalue weighted by Gasteiger charge is -2.55. The fourth-order valence-corrected chi connectivity index (χ4v) is 4.71. The number of ether oxygens (including phenoxy) is 1. The van der Waals surface area contributed by atoms with Crippen molar-refractivity contribution in [1.29, 1.82) is 0 Å². The highest BCUT2D eigenvalue weighted by Gasteiger charge is 2.53. The van der Waals surface area contributed by atoms with Crippen molar-refractivity contribution in [2.75, 3.05) is 0 Å². The molecule has 0 saturated heterocycles. The molecule has 0 unspecified atom stereocenters. The molecule has 0 amide bonds. The average Bonchev–Trinajstić information content (AvgIpc) is 2.74. The third-order valence-corrected chi connectivity index (χ3v) is 4.91. The average molecular weight is 249 g/mol. The van der Waals surface area contributed by atoms with Gasteiger partial charge in [-0.25, -0.2) is 0 Å². The summed E-state index contributed by atoms with van der Waals surface area (Å²) in [6.45, 7) is 0.275. The second-order valence-electron chi connectivity index (χ2n) is 6.38. The summed E-state index contributed by atoms with van der Waals surface area (Å²) in [5, 5.41) is 3.87. The van der Waals surface area contributed by atoms with E-state index in [1.165, 1.54) is 38.5 Å². The Labute approximate surface area is 106 Å². The van der Waals surface area contributed by atoms with Crippen molar-refractivity contribution in [3.8, 4) is 6.01 Å². The van der Waals surface area contributed by atoms with Gasteiger partial charge in [-0.05, 0) is 61.4 Å². The number of hydrogen-bond donors (Lipinski definition) is 1. The van der Waals surface area contributed by atoms with Crippen LogP contribution in [0.2, 0.25) is 0 Å². The quantitative estimate of drug-likeness (QED) is 0.885. The molecule has 0 aromatic carbocycles. The molecule has 1 aromatic rings. The van der Waals surface area contributed by atoms with Crippen molar-refractivity contribution in [3.63, 3.8) is 0 Å². The lowest BCUT2D eigenvalue weighted by atomic mass is 9.54. The predicted molar refractivity (Wildman–Crippen MR) is 63.7 cm³/mol. The highest BCUT2D eigenvalue weighted by molar-refractivity contribution is 5.07. The standard InChI is InChI=1S/C13H19N3O2/c14-7-11-15-12(16-18-11)17-13-4-8-1-9(5-13)3-10(2-8)6-13/h8-10H,1-7,14H2. The monoisotopic (exact) mass is 249 g/mol. The summed E-state index contributed by atoms with van der Waals surface area (Å²) in [7, 11) is 0. The Bertz CT molecular complexity index is 422. The molecular formula is C13H19N3O2. The molecule has 18 heavy (non-hydrogen) atoms. The van der Waals surface area contributed by atoms with Crippen molar-refractivity contribution in [1.82, 2.24) is 10.1 Å². The van der Waals surface area contributed by atoms with Crippen LogP contribution < -0.4 is 10.5 Å². The second kappa shape index (κ2) is 3.70. The number of nitrogens with two attached hydrogens (primary N) is 1. The van der Waals surface area contributed by atoms with Gasteiger partial charge in [-0.1, -0.05) is 0 Å². The SMILES string of the molecule is NCc1nc(OC23CC4CC(CC(C4)C2)C3)no1. The van der Waals surface area contributed by atoms with Crippen molar-refractivity contribution < 1.29 is 9.26 Å². The van der Waals surface area contributed by atoms with E-state index in [-0.39, 0.29) is 12.1 Å². The zero-order chi connectivity index (χ0) is 12.2. The van der Waals surface area contributed by atoms with Gasteiger partial charge in [0.1, 0.15) is 5.60 Å². The molecule has 4 aliphatic carbocycles. The molecule has 0 spiro atoms. The minimum atomic E-state index is -0.00943. The van der Waals surface area contributed by atoms with E-state index in [1.54, 1.807) is 0 Å². The maximum Gasteiger partial charge on any atom is 0.354 e. The van der Waals surface area contributed by atoms with Crippen LogP contribution in [0.15, 0.2) is 4.52 Å². The smallest absolute Gasteiger partial charge is 0.354 e. The number of rotatable bonds is 3. The van der Waals surface area contributed by atoms with E-state index in [1.807, 2.05) is 0 Å². The Morgan fingerprint density at radius 2 is 1.78 bits per heavy atom. The fourth-order valence-electron chi connectivity index (χ4n) is 4.71. The van der Waals surface area contributed by atoms with E-state index in [0.717, 1.165) is 17.8 Å². The maximum absolute atomic E-state index is 6.13. The molecule has 98 valence electrons. The Morgan fingerprint density at radius 1 is 1.17 bits per heavy atom. The van der Waals surface area contributed by atoms with Crippen LogP contribution in [0.1, 0.15) is 44.4 Å². The van der Waals surface area contributed by atoms with Crippen LogP contribution in [0.3, 0.4) is 0 Å². The lowest BCUT2D eigenvalue weighted by molar-refractivity contribution is -0.112. The van der Waals surface area contributed by atoms with Crippen molar-refractivity contribution in [3.05, 3.63) is 5.89 Å².